The summed E-state index contributed by atoms with van der Waals surface area (Å²) in [5.41, 5.74) is 1.32. The number of rotatable bonds is 5. The van der Waals surface area contributed by atoms with Crippen LogP contribution in [0.3, 0.4) is 0 Å². The fraction of sp³-hybridized carbons (Fsp3) is 0.500. The summed E-state index contributed by atoms with van der Waals surface area (Å²) in [6.07, 6.45) is 5.42. The van der Waals surface area contributed by atoms with Crippen LogP contribution in [0, 0.1) is 11.6 Å². The Kier molecular flexibility index (Phi) is 6.52. The number of anilines is 3. The topological polar surface area (TPSA) is 97.1 Å². The average molecular weight is 447 g/mol. The molecule has 1 aliphatic carbocycles. The Morgan fingerprint density at radius 3 is 2.62 bits per heavy atom. The van der Waals surface area contributed by atoms with Crippen molar-refractivity contribution < 1.29 is 18.6 Å². The molecule has 10 heteroatoms. The highest BCUT2D eigenvalue weighted by Gasteiger charge is 2.26. The zero-order valence-electron chi connectivity index (χ0n) is 16.9. The lowest BCUT2D eigenvalue weighted by Crippen LogP contribution is -2.29. The van der Waals surface area contributed by atoms with Gasteiger partial charge in [0.15, 0.2) is 5.65 Å². The van der Waals surface area contributed by atoms with E-state index in [1.807, 2.05) is 4.57 Å². The second kappa shape index (κ2) is 9.33. The molecule has 1 unspecified atom stereocenters. The Labute approximate surface area is 185 Å². The monoisotopic (exact) mass is 446 g/mol. The molecule has 2 aliphatic rings. The average Bonchev–Trinajstić information content (AvgIpc) is 3.39. The molecule has 8 nitrogen and oxygen atoms in total. The van der Waals surface area contributed by atoms with Crippen molar-refractivity contribution in [1.82, 2.24) is 19.5 Å². The molecule has 1 aromatic carbocycles. The summed E-state index contributed by atoms with van der Waals surface area (Å²) >= 11 is 0. The van der Waals surface area contributed by atoms with Crippen molar-refractivity contribution >= 4 is 28.7 Å². The van der Waals surface area contributed by atoms with Crippen molar-refractivity contribution in [2.45, 2.75) is 57.7 Å². The van der Waals surface area contributed by atoms with Gasteiger partial charge in [0, 0.05) is 18.7 Å². The quantitative estimate of drug-likeness (QED) is 0.541. The number of hydrogen-bond donors (Lipinski definition) is 3. The van der Waals surface area contributed by atoms with E-state index in [9.17, 15) is 13.9 Å². The predicted octanol–water partition coefficient (Wildman–Crippen LogP) is 4.16. The van der Waals surface area contributed by atoms with Gasteiger partial charge in [-0.15, -0.1) is 0 Å². The number of nitrogens with one attached hydrogen (secondary N) is 2. The molecular formula is C22H28F2N6O2. The molecule has 3 N–H and O–H groups in total. The van der Waals surface area contributed by atoms with Crippen molar-refractivity contribution in [2.24, 2.45) is 0 Å². The first-order chi connectivity index (χ1) is 15.1. The van der Waals surface area contributed by atoms with Crippen LogP contribution in [-0.4, -0.2) is 50.0 Å². The first-order valence-corrected chi connectivity index (χ1v) is 10.6. The lowest BCUT2D eigenvalue weighted by molar-refractivity contribution is 0.126. The minimum absolute atomic E-state index is 0. The number of benzene rings is 1. The molecule has 0 amide bonds. The van der Waals surface area contributed by atoms with Crippen LogP contribution >= 0.6 is 0 Å². The van der Waals surface area contributed by atoms with E-state index in [0.29, 0.717) is 36.3 Å². The van der Waals surface area contributed by atoms with Gasteiger partial charge in [-0.1, -0.05) is 7.43 Å². The Bertz CT molecular complexity index is 1080. The highest BCUT2D eigenvalue weighted by Crippen LogP contribution is 2.31. The Hall–Kier alpha value is -2.85. The number of hydrogen-bond acceptors (Lipinski definition) is 7. The highest BCUT2D eigenvalue weighted by atomic mass is 19.1. The predicted molar refractivity (Wildman–Crippen MR) is 118 cm³/mol. The molecule has 3 heterocycles. The third-order valence-electron chi connectivity index (χ3n) is 5.91. The normalized spacial score (nSPS) is 23.2. The fourth-order valence-corrected chi connectivity index (χ4v) is 4.23. The third-order valence-corrected chi connectivity index (χ3v) is 5.91. The number of imidazole rings is 1. The van der Waals surface area contributed by atoms with E-state index in [4.69, 9.17) is 9.72 Å². The molecule has 172 valence electrons. The van der Waals surface area contributed by atoms with Gasteiger partial charge in [0.2, 0.25) is 11.9 Å². The lowest BCUT2D eigenvalue weighted by Gasteiger charge is -2.26. The van der Waals surface area contributed by atoms with Crippen molar-refractivity contribution in [3.8, 4) is 0 Å². The van der Waals surface area contributed by atoms with Gasteiger partial charge in [0.25, 0.3) is 0 Å². The highest BCUT2D eigenvalue weighted by molar-refractivity contribution is 5.76. The van der Waals surface area contributed by atoms with E-state index in [0.717, 1.165) is 38.2 Å². The molecule has 0 radical (unpaired) electrons. The molecule has 2 aromatic heterocycles. The summed E-state index contributed by atoms with van der Waals surface area (Å²) in [6.45, 7) is 1.12. The van der Waals surface area contributed by atoms with Crippen molar-refractivity contribution in [3.63, 3.8) is 0 Å². The summed E-state index contributed by atoms with van der Waals surface area (Å²) in [5, 5.41) is 16.1. The van der Waals surface area contributed by atoms with Gasteiger partial charge in [-0.05, 0) is 44.2 Å². The molecule has 1 aliphatic heterocycles. The molecule has 2 fully saturated rings. The van der Waals surface area contributed by atoms with Gasteiger partial charge in [-0.3, -0.25) is 4.57 Å². The Morgan fingerprint density at radius 2 is 1.91 bits per heavy atom. The van der Waals surface area contributed by atoms with Gasteiger partial charge in [0.05, 0.1) is 30.6 Å². The summed E-state index contributed by atoms with van der Waals surface area (Å²) in [7, 11) is 0. The second-order valence-corrected chi connectivity index (χ2v) is 8.12. The van der Waals surface area contributed by atoms with Crippen molar-refractivity contribution in [3.05, 3.63) is 36.0 Å². The van der Waals surface area contributed by atoms with Gasteiger partial charge in [-0.25, -0.2) is 18.7 Å². The van der Waals surface area contributed by atoms with E-state index in [1.165, 1.54) is 12.1 Å². The number of aliphatic hydroxyl groups is 1. The summed E-state index contributed by atoms with van der Waals surface area (Å²) in [5.74, 6) is -0.441. The molecule has 1 saturated heterocycles. The van der Waals surface area contributed by atoms with Crippen molar-refractivity contribution in [1.29, 1.82) is 0 Å². The molecular weight excluding hydrogens is 418 g/mol. The van der Waals surface area contributed by atoms with E-state index in [2.05, 4.69) is 20.6 Å². The maximum absolute atomic E-state index is 14.2. The SMILES string of the molecule is C.OC1CCC(Nc2ncc3nc(Nc4ccc(F)cc4F)n(C4CCOC4)c3n2)CC1. The van der Waals surface area contributed by atoms with Crippen LogP contribution in [0.25, 0.3) is 11.2 Å². The summed E-state index contributed by atoms with van der Waals surface area (Å²) in [6, 6.07) is 3.56. The van der Waals surface area contributed by atoms with Crippen LogP contribution in [0.2, 0.25) is 0 Å². The van der Waals surface area contributed by atoms with Crippen LogP contribution in [-0.2, 0) is 4.74 Å². The zero-order valence-corrected chi connectivity index (χ0v) is 16.9. The molecule has 3 aromatic rings. The van der Waals surface area contributed by atoms with Crippen LogP contribution in [0.1, 0.15) is 45.6 Å². The van der Waals surface area contributed by atoms with Crippen LogP contribution in [0.15, 0.2) is 24.4 Å². The smallest absolute Gasteiger partial charge is 0.224 e. The molecule has 1 atom stereocenters. The van der Waals surface area contributed by atoms with Gasteiger partial charge in [-0.2, -0.15) is 4.98 Å². The van der Waals surface area contributed by atoms with Gasteiger partial charge in [0.1, 0.15) is 17.2 Å². The minimum atomic E-state index is -0.700. The molecule has 0 bridgehead atoms. The molecule has 5 rings (SSSR count). The first kappa shape index (κ1) is 22.3. The van der Waals surface area contributed by atoms with Crippen LogP contribution < -0.4 is 10.6 Å². The standard InChI is InChI=1S/C21H24F2N6O2.CH4/c22-12-1-6-17(16(23)9-12)26-21-27-18-10-24-20(25-13-2-4-15(30)5-3-13)28-19(18)29(21)14-7-8-31-11-14;/h1,6,9-10,13-15,30H,2-5,7-8,11H2,(H,26,27)(H,24,25,28);1H4. The number of nitrogens with zero attached hydrogens (tertiary/aromatic N) is 4. The second-order valence-electron chi connectivity index (χ2n) is 8.12. The maximum atomic E-state index is 14.2. The maximum Gasteiger partial charge on any atom is 0.224 e. The van der Waals surface area contributed by atoms with E-state index >= 15 is 0 Å². The lowest BCUT2D eigenvalue weighted by atomic mass is 9.93. The van der Waals surface area contributed by atoms with E-state index < -0.39 is 11.6 Å². The van der Waals surface area contributed by atoms with E-state index in [-0.39, 0.29) is 31.3 Å². The number of aromatic nitrogens is 4. The Balaban J connectivity index is 0.00000245. The van der Waals surface area contributed by atoms with Crippen LogP contribution in [0.4, 0.5) is 26.4 Å². The number of ether oxygens (including phenoxy) is 1. The Morgan fingerprint density at radius 1 is 1.09 bits per heavy atom. The van der Waals surface area contributed by atoms with Crippen LogP contribution in [0.5, 0.6) is 0 Å². The number of aliphatic hydroxyl groups excluding tert-OH is 1. The largest absolute Gasteiger partial charge is 0.393 e. The summed E-state index contributed by atoms with van der Waals surface area (Å²) in [4.78, 5) is 13.7. The van der Waals surface area contributed by atoms with Crippen molar-refractivity contribution in [2.75, 3.05) is 23.8 Å². The number of halogens is 2. The molecule has 1 saturated carbocycles. The fourth-order valence-electron chi connectivity index (χ4n) is 4.23. The van der Waals surface area contributed by atoms with Gasteiger partial charge < -0.3 is 20.5 Å². The first-order valence-electron chi connectivity index (χ1n) is 10.6. The van der Waals surface area contributed by atoms with E-state index in [1.54, 1.807) is 6.20 Å². The third kappa shape index (κ3) is 4.51. The van der Waals surface area contributed by atoms with Gasteiger partial charge >= 0.3 is 0 Å². The zero-order chi connectivity index (χ0) is 21.4. The summed E-state index contributed by atoms with van der Waals surface area (Å²) < 4.78 is 35.0. The molecule has 0 spiro atoms. The number of fused-ring (bicyclic) bond motifs is 1. The minimum Gasteiger partial charge on any atom is -0.393 e. The molecule has 32 heavy (non-hydrogen) atoms.